The Morgan fingerprint density at radius 2 is 2.06 bits per heavy atom. The molecular formula is C14H19N3. The third-order valence-corrected chi connectivity index (χ3v) is 3.81. The molecule has 1 saturated carbocycles. The zero-order valence-corrected chi connectivity index (χ0v) is 10.3. The third-order valence-electron chi connectivity index (χ3n) is 3.81. The van der Waals surface area contributed by atoms with Crippen LogP contribution in [-0.4, -0.2) is 16.4 Å². The summed E-state index contributed by atoms with van der Waals surface area (Å²) in [6.07, 6.45) is 10.8. The van der Waals surface area contributed by atoms with Crippen LogP contribution >= 0.6 is 0 Å². The van der Waals surface area contributed by atoms with E-state index < -0.39 is 0 Å². The Hall–Kier alpha value is -1.51. The molecule has 0 aromatic carbocycles. The van der Waals surface area contributed by atoms with Gasteiger partial charge in [-0.2, -0.15) is 0 Å². The van der Waals surface area contributed by atoms with E-state index in [0.29, 0.717) is 5.92 Å². The fourth-order valence-electron chi connectivity index (χ4n) is 2.82. The number of nitrogens with one attached hydrogen (secondary N) is 1. The maximum absolute atomic E-state index is 4.63. The molecule has 2 heterocycles. The van der Waals surface area contributed by atoms with Crippen molar-refractivity contribution in [3.8, 4) is 0 Å². The van der Waals surface area contributed by atoms with E-state index in [4.69, 9.17) is 0 Å². The molecule has 1 aliphatic carbocycles. The molecule has 1 N–H and O–H groups in total. The van der Waals surface area contributed by atoms with Gasteiger partial charge >= 0.3 is 0 Å². The van der Waals surface area contributed by atoms with Crippen molar-refractivity contribution in [3.63, 3.8) is 0 Å². The molecule has 0 radical (unpaired) electrons. The minimum absolute atomic E-state index is 0.651. The van der Waals surface area contributed by atoms with E-state index in [0.717, 1.165) is 5.69 Å². The lowest BCUT2D eigenvalue weighted by Crippen LogP contribution is -2.08. The molecule has 0 amide bonds. The summed E-state index contributed by atoms with van der Waals surface area (Å²) in [6.45, 7) is 0. The summed E-state index contributed by atoms with van der Waals surface area (Å²) in [5.41, 5.74) is 2.34. The van der Waals surface area contributed by atoms with E-state index in [1.807, 2.05) is 13.2 Å². The van der Waals surface area contributed by atoms with Crippen LogP contribution in [0.3, 0.4) is 0 Å². The first-order valence-electron chi connectivity index (χ1n) is 6.53. The van der Waals surface area contributed by atoms with Gasteiger partial charge in [-0.15, -0.1) is 0 Å². The molecule has 0 atom stereocenters. The van der Waals surface area contributed by atoms with Crippen molar-refractivity contribution in [1.29, 1.82) is 0 Å². The normalized spacial score (nSPS) is 17.5. The van der Waals surface area contributed by atoms with Crippen LogP contribution in [0.5, 0.6) is 0 Å². The Bertz CT molecular complexity index is 509. The largest absolute Gasteiger partial charge is 0.387 e. The van der Waals surface area contributed by atoms with Crippen LogP contribution in [0.25, 0.3) is 5.52 Å². The number of aromatic nitrogens is 2. The highest BCUT2D eigenvalue weighted by molar-refractivity contribution is 5.54. The Morgan fingerprint density at radius 3 is 2.82 bits per heavy atom. The highest BCUT2D eigenvalue weighted by Crippen LogP contribution is 2.32. The molecule has 90 valence electrons. The molecule has 3 nitrogen and oxygen atoms in total. The number of hydrogen-bond acceptors (Lipinski definition) is 2. The van der Waals surface area contributed by atoms with Crippen molar-refractivity contribution in [2.75, 3.05) is 12.4 Å². The number of hydrogen-bond donors (Lipinski definition) is 1. The summed E-state index contributed by atoms with van der Waals surface area (Å²) in [6, 6.07) is 4.23. The van der Waals surface area contributed by atoms with E-state index in [9.17, 15) is 0 Å². The molecule has 1 aliphatic rings. The fourth-order valence-corrected chi connectivity index (χ4v) is 2.82. The zero-order valence-electron chi connectivity index (χ0n) is 10.3. The highest BCUT2D eigenvalue weighted by atomic mass is 15.0. The number of imidazole rings is 1. The van der Waals surface area contributed by atoms with Gasteiger partial charge in [0, 0.05) is 19.2 Å². The van der Waals surface area contributed by atoms with Crippen LogP contribution in [0.15, 0.2) is 24.5 Å². The number of pyridine rings is 1. The van der Waals surface area contributed by atoms with Crippen molar-refractivity contribution in [1.82, 2.24) is 9.38 Å². The maximum Gasteiger partial charge on any atom is 0.116 e. The minimum atomic E-state index is 0.651. The summed E-state index contributed by atoms with van der Waals surface area (Å²) in [4.78, 5) is 4.63. The standard InChI is InChI=1S/C14H19N3/c1-15-12-7-8-13-9-16-14(17(13)10-12)11-5-3-2-4-6-11/h7-11,15H,2-6H2,1H3. The summed E-state index contributed by atoms with van der Waals surface area (Å²) in [7, 11) is 1.96. The van der Waals surface area contributed by atoms with Crippen molar-refractivity contribution in [2.45, 2.75) is 38.0 Å². The van der Waals surface area contributed by atoms with Crippen LogP contribution < -0.4 is 5.32 Å². The number of rotatable bonds is 2. The predicted molar refractivity (Wildman–Crippen MR) is 70.6 cm³/mol. The third kappa shape index (κ3) is 1.90. The highest BCUT2D eigenvalue weighted by Gasteiger charge is 2.19. The van der Waals surface area contributed by atoms with Crippen molar-refractivity contribution in [3.05, 3.63) is 30.4 Å². The lowest BCUT2D eigenvalue weighted by atomic mass is 9.89. The molecule has 3 heteroatoms. The van der Waals surface area contributed by atoms with Gasteiger partial charge in [-0.25, -0.2) is 4.98 Å². The second-order valence-electron chi connectivity index (χ2n) is 4.91. The van der Waals surface area contributed by atoms with E-state index in [1.165, 1.54) is 43.4 Å². The van der Waals surface area contributed by atoms with E-state index >= 15 is 0 Å². The average molecular weight is 229 g/mol. The predicted octanol–water partition coefficient (Wildman–Crippen LogP) is 3.42. The molecule has 0 unspecified atom stereocenters. The first kappa shape index (κ1) is 10.6. The lowest BCUT2D eigenvalue weighted by molar-refractivity contribution is 0.428. The molecule has 0 aliphatic heterocycles. The summed E-state index contributed by atoms with van der Waals surface area (Å²) >= 11 is 0. The number of fused-ring (bicyclic) bond motifs is 1. The monoisotopic (exact) mass is 229 g/mol. The fraction of sp³-hybridized carbons (Fsp3) is 0.500. The van der Waals surface area contributed by atoms with E-state index in [1.54, 1.807) is 0 Å². The van der Waals surface area contributed by atoms with Crippen molar-refractivity contribution >= 4 is 11.2 Å². The van der Waals surface area contributed by atoms with Crippen LogP contribution in [-0.2, 0) is 0 Å². The van der Waals surface area contributed by atoms with Gasteiger partial charge in [0.25, 0.3) is 0 Å². The quantitative estimate of drug-likeness (QED) is 0.855. The Kier molecular flexibility index (Phi) is 2.75. The SMILES string of the molecule is CNc1ccc2cnc(C3CCCCC3)n2c1. The Labute approximate surface area is 102 Å². The molecule has 3 rings (SSSR count). The van der Waals surface area contributed by atoms with Gasteiger partial charge < -0.3 is 9.72 Å². The second kappa shape index (κ2) is 4.40. The second-order valence-corrected chi connectivity index (χ2v) is 4.91. The topological polar surface area (TPSA) is 29.3 Å². The van der Waals surface area contributed by atoms with Gasteiger partial charge in [-0.3, -0.25) is 0 Å². The first-order valence-corrected chi connectivity index (χ1v) is 6.53. The minimum Gasteiger partial charge on any atom is -0.387 e. The molecular weight excluding hydrogens is 210 g/mol. The molecule has 17 heavy (non-hydrogen) atoms. The Balaban J connectivity index is 2.02. The molecule has 2 aromatic heterocycles. The number of nitrogens with zero attached hydrogens (tertiary/aromatic N) is 2. The van der Waals surface area contributed by atoms with Gasteiger partial charge in [0.1, 0.15) is 5.82 Å². The lowest BCUT2D eigenvalue weighted by Gasteiger charge is -2.20. The van der Waals surface area contributed by atoms with Crippen LogP contribution in [0.1, 0.15) is 43.8 Å². The molecule has 2 aromatic rings. The summed E-state index contributed by atoms with van der Waals surface area (Å²) in [5, 5.41) is 3.19. The van der Waals surface area contributed by atoms with Crippen molar-refractivity contribution < 1.29 is 0 Å². The van der Waals surface area contributed by atoms with Crippen LogP contribution in [0.4, 0.5) is 5.69 Å². The molecule has 1 fully saturated rings. The summed E-state index contributed by atoms with van der Waals surface area (Å²) < 4.78 is 2.25. The van der Waals surface area contributed by atoms with Gasteiger partial charge in [-0.1, -0.05) is 19.3 Å². The molecule has 0 saturated heterocycles. The van der Waals surface area contributed by atoms with Gasteiger partial charge in [0.15, 0.2) is 0 Å². The van der Waals surface area contributed by atoms with Gasteiger partial charge in [0.05, 0.1) is 17.4 Å². The van der Waals surface area contributed by atoms with Crippen LogP contribution in [0, 0.1) is 0 Å². The molecule has 0 bridgehead atoms. The van der Waals surface area contributed by atoms with E-state index in [2.05, 4.69) is 33.0 Å². The summed E-state index contributed by atoms with van der Waals surface area (Å²) in [5.74, 6) is 1.90. The first-order chi connectivity index (χ1) is 8.38. The maximum atomic E-state index is 4.63. The molecule has 0 spiro atoms. The number of anilines is 1. The van der Waals surface area contributed by atoms with Gasteiger partial charge in [0.2, 0.25) is 0 Å². The average Bonchev–Trinajstić information content (AvgIpc) is 2.82. The van der Waals surface area contributed by atoms with Crippen molar-refractivity contribution in [2.24, 2.45) is 0 Å². The van der Waals surface area contributed by atoms with Crippen LogP contribution in [0.2, 0.25) is 0 Å². The smallest absolute Gasteiger partial charge is 0.116 e. The van der Waals surface area contributed by atoms with E-state index in [-0.39, 0.29) is 0 Å². The zero-order chi connectivity index (χ0) is 11.7. The Morgan fingerprint density at radius 1 is 1.24 bits per heavy atom. The van der Waals surface area contributed by atoms with Gasteiger partial charge in [-0.05, 0) is 25.0 Å².